The van der Waals surface area contributed by atoms with Gasteiger partial charge in [0.05, 0.1) is 24.7 Å². The topological polar surface area (TPSA) is 84.7 Å². The van der Waals surface area contributed by atoms with Crippen molar-refractivity contribution in [3.63, 3.8) is 0 Å². The van der Waals surface area contributed by atoms with Crippen molar-refractivity contribution >= 4 is 22.7 Å². The Morgan fingerprint density at radius 1 is 1.32 bits per heavy atom. The van der Waals surface area contributed by atoms with Gasteiger partial charge >= 0.3 is 0 Å². The average molecular weight is 552 g/mol. The molecule has 4 fully saturated rings. The Morgan fingerprint density at radius 2 is 2.08 bits per heavy atom. The fourth-order valence-corrected chi connectivity index (χ4v) is 9.39. The largest absolute Gasteiger partial charge is 0.390 e. The second kappa shape index (κ2) is 8.52. The molecule has 5 aliphatic rings. The first kappa shape index (κ1) is 26.3. The number of hydrogen-bond donors (Lipinski definition) is 1. The highest BCUT2D eigenvalue weighted by Gasteiger charge is 2.79. The van der Waals surface area contributed by atoms with Gasteiger partial charge in [0.15, 0.2) is 17.1 Å². The van der Waals surface area contributed by atoms with E-state index in [1.54, 1.807) is 22.9 Å². The Kier molecular flexibility index (Phi) is 5.89. The summed E-state index contributed by atoms with van der Waals surface area (Å²) in [5.74, 6) is -2.22. The summed E-state index contributed by atoms with van der Waals surface area (Å²) in [6.07, 6.45) is 4.24. The number of alkyl halides is 3. The van der Waals surface area contributed by atoms with Crippen LogP contribution in [0.25, 0.3) is 0 Å². The molecule has 1 aromatic heterocycles. The van der Waals surface area contributed by atoms with E-state index in [4.69, 9.17) is 4.84 Å². The second-order valence-corrected chi connectivity index (χ2v) is 12.9. The maximum absolute atomic E-state index is 17.4. The summed E-state index contributed by atoms with van der Waals surface area (Å²) in [7, 11) is 1.85. The van der Waals surface area contributed by atoms with Gasteiger partial charge in [-0.2, -0.15) is 5.06 Å². The number of rotatable bonds is 4. The lowest BCUT2D eigenvalue weighted by Gasteiger charge is -2.63. The minimum atomic E-state index is -2.24. The van der Waals surface area contributed by atoms with Crippen LogP contribution in [0.3, 0.4) is 0 Å². The van der Waals surface area contributed by atoms with E-state index in [9.17, 15) is 19.1 Å². The number of allylic oxidation sites excluding steroid dienone is 4. The van der Waals surface area contributed by atoms with Crippen LogP contribution >= 0.6 is 11.8 Å². The van der Waals surface area contributed by atoms with Gasteiger partial charge in [-0.15, -0.1) is 0 Å². The Morgan fingerprint density at radius 3 is 2.76 bits per heavy atom. The maximum Gasteiger partial charge on any atom is 0.226 e. The molecule has 0 unspecified atom stereocenters. The highest BCUT2D eigenvalue weighted by molar-refractivity contribution is 8.13. The summed E-state index contributed by atoms with van der Waals surface area (Å²) in [6, 6.07) is -0.936. The van der Waals surface area contributed by atoms with E-state index < -0.39 is 69.0 Å². The van der Waals surface area contributed by atoms with Crippen molar-refractivity contribution in [1.82, 2.24) is 14.6 Å². The molecule has 11 heteroatoms. The van der Waals surface area contributed by atoms with Gasteiger partial charge < -0.3 is 9.67 Å². The zero-order chi connectivity index (χ0) is 27.3. The number of fused-ring (bicyclic) bond motifs is 7. The van der Waals surface area contributed by atoms with Gasteiger partial charge in [0, 0.05) is 42.5 Å². The molecule has 7 nitrogen and oxygen atoms in total. The molecule has 6 rings (SSSR count). The molecule has 38 heavy (non-hydrogen) atoms. The fourth-order valence-electron chi connectivity index (χ4n) is 8.64. The lowest BCUT2D eigenvalue weighted by molar-refractivity contribution is -0.266. The van der Waals surface area contributed by atoms with Gasteiger partial charge in [-0.05, 0) is 49.8 Å². The molecular weight excluding hydrogens is 519 g/mol. The predicted molar refractivity (Wildman–Crippen MR) is 134 cm³/mol. The van der Waals surface area contributed by atoms with Crippen molar-refractivity contribution in [3.8, 4) is 0 Å². The van der Waals surface area contributed by atoms with Gasteiger partial charge in [0.1, 0.15) is 12.2 Å². The van der Waals surface area contributed by atoms with E-state index in [2.05, 4.69) is 4.98 Å². The lowest BCUT2D eigenvalue weighted by atomic mass is 9.44. The summed E-state index contributed by atoms with van der Waals surface area (Å²) < 4.78 is 48.4. The minimum absolute atomic E-state index is 0.0566. The maximum atomic E-state index is 17.4. The van der Waals surface area contributed by atoms with E-state index in [1.165, 1.54) is 12.2 Å². The summed E-state index contributed by atoms with van der Waals surface area (Å²) >= 11 is 0.526. The van der Waals surface area contributed by atoms with E-state index >= 15 is 8.78 Å². The van der Waals surface area contributed by atoms with Crippen molar-refractivity contribution in [2.75, 3.05) is 12.6 Å². The normalized spacial score (nSPS) is 45.8. The minimum Gasteiger partial charge on any atom is -0.390 e. The van der Waals surface area contributed by atoms with Gasteiger partial charge in [-0.1, -0.05) is 24.8 Å². The van der Waals surface area contributed by atoms with Crippen LogP contribution in [-0.2, 0) is 28.0 Å². The molecule has 0 aromatic carbocycles. The third-order valence-electron chi connectivity index (χ3n) is 10.3. The zero-order valence-corrected chi connectivity index (χ0v) is 22.4. The molecule has 0 amide bonds. The Bertz CT molecular complexity index is 1260. The van der Waals surface area contributed by atoms with E-state index in [0.29, 0.717) is 31.3 Å². The zero-order valence-electron chi connectivity index (χ0n) is 21.6. The molecule has 206 valence electrons. The first-order chi connectivity index (χ1) is 17.9. The van der Waals surface area contributed by atoms with E-state index in [0.717, 1.165) is 11.8 Å². The van der Waals surface area contributed by atoms with Crippen LogP contribution in [0.15, 0.2) is 36.3 Å². The van der Waals surface area contributed by atoms with Crippen molar-refractivity contribution < 1.29 is 32.7 Å². The number of nitrogens with zero attached hydrogens (tertiary/aromatic N) is 3. The van der Waals surface area contributed by atoms with Gasteiger partial charge in [0.25, 0.3) is 0 Å². The quantitative estimate of drug-likeness (QED) is 0.612. The molecular formula is C27H32F3N3O4S. The molecule has 9 atom stereocenters. The van der Waals surface area contributed by atoms with Crippen molar-refractivity contribution in [3.05, 3.63) is 42.0 Å². The smallest absolute Gasteiger partial charge is 0.226 e. The number of aliphatic hydroxyl groups excluding tert-OH is 1. The molecule has 1 aromatic rings. The van der Waals surface area contributed by atoms with Crippen LogP contribution in [0.1, 0.15) is 38.8 Å². The number of aliphatic hydroxyl groups is 1. The molecule has 0 spiro atoms. The lowest BCUT2D eigenvalue weighted by Crippen LogP contribution is -2.70. The van der Waals surface area contributed by atoms with E-state index in [1.807, 2.05) is 20.2 Å². The number of ketones is 1. The number of hydroxylamine groups is 2. The third kappa shape index (κ3) is 3.19. The van der Waals surface area contributed by atoms with Crippen LogP contribution in [0, 0.1) is 28.6 Å². The molecule has 3 saturated carbocycles. The summed E-state index contributed by atoms with van der Waals surface area (Å²) in [5.41, 5.74) is -5.51. The summed E-state index contributed by atoms with van der Waals surface area (Å²) in [5, 5.41) is 12.7. The Labute approximate surface area is 223 Å². The molecule has 4 aliphatic carbocycles. The van der Waals surface area contributed by atoms with Gasteiger partial charge in [0.2, 0.25) is 5.12 Å². The number of hydrogen-bond acceptors (Lipinski definition) is 7. The Hall–Kier alpha value is -1.95. The number of aryl methyl sites for hydroxylation is 1. The number of thioether (sulfide) groups is 1. The molecule has 2 heterocycles. The first-order valence-electron chi connectivity index (χ1n) is 13.0. The second-order valence-electron chi connectivity index (χ2n) is 12.0. The number of halogens is 3. The highest BCUT2D eigenvalue weighted by atomic mass is 32.2. The number of aromatic nitrogens is 2. The predicted octanol–water partition coefficient (Wildman–Crippen LogP) is 3.64. The van der Waals surface area contributed by atoms with Crippen LogP contribution in [-0.4, -0.2) is 66.7 Å². The molecule has 1 aliphatic heterocycles. The number of carbonyl (C=O) groups is 2. The SMILES string of the molecule is Cn1cnc(CN2C[C@@H]3C[C@H]4[C@@H]5C[C@H](F)C6=CC(=O)C=C[C@]6(C)[C@@]5(F)[C@@H](O)C[C@]4(C)[C@]3(C(=O)SCF)O2)c1. The molecule has 0 bridgehead atoms. The fraction of sp³-hybridized carbons (Fsp3) is 0.667. The number of imidazole rings is 1. The third-order valence-corrected chi connectivity index (χ3v) is 10.9. The van der Waals surface area contributed by atoms with Crippen LogP contribution in [0.4, 0.5) is 13.2 Å². The average Bonchev–Trinajstić information content (AvgIpc) is 3.50. The molecule has 1 saturated heterocycles. The van der Waals surface area contributed by atoms with Gasteiger partial charge in [-0.3, -0.25) is 14.4 Å². The van der Waals surface area contributed by atoms with Crippen molar-refractivity contribution in [2.45, 2.75) is 63.2 Å². The summed E-state index contributed by atoms with van der Waals surface area (Å²) in [4.78, 5) is 36.5. The van der Waals surface area contributed by atoms with Crippen LogP contribution in [0.5, 0.6) is 0 Å². The molecule has 1 N–H and O–H groups in total. The van der Waals surface area contributed by atoms with Crippen LogP contribution < -0.4 is 0 Å². The molecule has 0 radical (unpaired) electrons. The monoisotopic (exact) mass is 551 g/mol. The van der Waals surface area contributed by atoms with Crippen LogP contribution in [0.2, 0.25) is 0 Å². The van der Waals surface area contributed by atoms with Gasteiger partial charge in [-0.25, -0.2) is 18.2 Å². The van der Waals surface area contributed by atoms with E-state index in [-0.39, 0.29) is 18.4 Å². The van der Waals surface area contributed by atoms with Crippen molar-refractivity contribution in [1.29, 1.82) is 0 Å². The highest BCUT2D eigenvalue weighted by Crippen LogP contribution is 2.73. The first-order valence-corrected chi connectivity index (χ1v) is 14.0. The van der Waals surface area contributed by atoms with Crippen molar-refractivity contribution in [2.24, 2.45) is 35.6 Å². The standard InChI is InChI=1S/C27H32F3N3O4S/c1-24-5-4-17(34)7-20(24)21(29)8-19-18-6-15-10-33(12-16-11-32(3)14-31-16)37-27(15,23(36)38-13-28)25(18,2)9-22(35)26(19,24)30/h4-5,7,11,14-15,18-19,21-22,35H,6,8-10,12-13H2,1-3H3/t15-,18-,19-,21-,22-,24-,25-,26-,27-/m0/s1. The Balaban J connectivity index is 1.41. The number of carbonyl (C=O) groups excluding carboxylic acids is 2. The summed E-state index contributed by atoms with van der Waals surface area (Å²) in [6.45, 7) is 4.01.